The Morgan fingerprint density at radius 2 is 1.77 bits per heavy atom. The predicted molar refractivity (Wildman–Crippen MR) is 140 cm³/mol. The molecule has 5 rings (SSSR count). The number of amides is 4. The van der Waals surface area contributed by atoms with Crippen molar-refractivity contribution < 1.29 is 23.9 Å². The third kappa shape index (κ3) is 5.54. The van der Waals surface area contributed by atoms with Crippen molar-refractivity contribution in [3.63, 3.8) is 0 Å². The number of rotatable bonds is 7. The molecule has 3 heterocycles. The lowest BCUT2D eigenvalue weighted by molar-refractivity contribution is -0.118. The monoisotopic (exact) mass is 527 g/mol. The summed E-state index contributed by atoms with van der Waals surface area (Å²) in [5, 5.41) is 12.5. The van der Waals surface area contributed by atoms with Gasteiger partial charge in [-0.1, -0.05) is 18.2 Å². The highest BCUT2D eigenvalue weighted by Crippen LogP contribution is 2.28. The molecule has 0 bridgehead atoms. The highest BCUT2D eigenvalue weighted by atomic mass is 16.5. The first-order chi connectivity index (χ1) is 18.8. The zero-order valence-corrected chi connectivity index (χ0v) is 21.2. The Hall–Kier alpha value is -5.26. The smallest absolute Gasteiger partial charge is 0.270 e. The maximum absolute atomic E-state index is 13.1. The Kier molecular flexibility index (Phi) is 6.91. The molecule has 39 heavy (non-hydrogen) atoms. The van der Waals surface area contributed by atoms with E-state index in [2.05, 4.69) is 26.0 Å². The quantitative estimate of drug-likeness (QED) is 0.331. The summed E-state index contributed by atoms with van der Waals surface area (Å²) in [7, 11) is 3.34. The minimum absolute atomic E-state index is 0.0375. The topological polar surface area (TPSA) is 147 Å². The second kappa shape index (κ2) is 10.6. The number of carbonyl (C=O) groups excluding carboxylic acids is 4. The molecule has 0 spiro atoms. The van der Waals surface area contributed by atoms with Crippen molar-refractivity contribution >= 4 is 35.0 Å². The summed E-state index contributed by atoms with van der Waals surface area (Å²) in [6.07, 6.45) is 1.49. The Balaban J connectivity index is 1.29. The molecular weight excluding hydrogens is 502 g/mol. The van der Waals surface area contributed by atoms with E-state index < -0.39 is 11.8 Å². The Morgan fingerprint density at radius 3 is 2.56 bits per heavy atom. The SMILES string of the molecule is CN(C)C(=O)c1cccc(CNC(=O)c2cc(C(=O)NCc3ccc4c(c3)NC(=O)CO4)nc3ccnn23)c1. The molecule has 2 aromatic carbocycles. The molecule has 1 aliphatic rings. The van der Waals surface area contributed by atoms with Crippen molar-refractivity contribution in [1.82, 2.24) is 30.1 Å². The second-order valence-corrected chi connectivity index (χ2v) is 9.06. The predicted octanol–water partition coefficient (Wildman–Crippen LogP) is 1.62. The molecule has 198 valence electrons. The molecule has 2 aromatic heterocycles. The molecule has 4 amide bonds. The van der Waals surface area contributed by atoms with Gasteiger partial charge in [-0.3, -0.25) is 19.2 Å². The second-order valence-electron chi connectivity index (χ2n) is 9.06. The number of nitrogens with zero attached hydrogens (tertiary/aromatic N) is 4. The van der Waals surface area contributed by atoms with Crippen molar-refractivity contribution in [1.29, 1.82) is 0 Å². The average Bonchev–Trinajstić information content (AvgIpc) is 3.42. The van der Waals surface area contributed by atoms with Crippen molar-refractivity contribution in [2.45, 2.75) is 13.1 Å². The number of nitrogens with one attached hydrogen (secondary N) is 3. The van der Waals surface area contributed by atoms with Gasteiger partial charge < -0.3 is 25.6 Å². The lowest BCUT2D eigenvalue weighted by Gasteiger charge is -2.18. The van der Waals surface area contributed by atoms with Crippen LogP contribution in [0.3, 0.4) is 0 Å². The fourth-order valence-corrected chi connectivity index (χ4v) is 4.05. The van der Waals surface area contributed by atoms with Gasteiger partial charge in [0.15, 0.2) is 12.3 Å². The number of hydrogen-bond donors (Lipinski definition) is 3. The largest absolute Gasteiger partial charge is 0.482 e. The van der Waals surface area contributed by atoms with Gasteiger partial charge in [-0.05, 0) is 35.4 Å². The normalized spacial score (nSPS) is 12.2. The van der Waals surface area contributed by atoms with Gasteiger partial charge in [0.2, 0.25) is 0 Å². The molecule has 12 nitrogen and oxygen atoms in total. The first-order valence-electron chi connectivity index (χ1n) is 12.1. The molecule has 0 saturated carbocycles. The minimum atomic E-state index is -0.486. The Morgan fingerprint density at radius 1 is 1.00 bits per heavy atom. The number of carbonyl (C=O) groups is 4. The summed E-state index contributed by atoms with van der Waals surface area (Å²) in [6.45, 7) is 0.292. The van der Waals surface area contributed by atoms with Crippen molar-refractivity contribution in [3.8, 4) is 5.75 Å². The zero-order chi connectivity index (χ0) is 27.5. The first-order valence-corrected chi connectivity index (χ1v) is 12.1. The van der Waals surface area contributed by atoms with Crippen molar-refractivity contribution in [3.05, 3.63) is 88.9 Å². The van der Waals surface area contributed by atoms with E-state index in [4.69, 9.17) is 4.74 Å². The van der Waals surface area contributed by atoms with Crippen LogP contribution in [-0.4, -0.2) is 63.8 Å². The zero-order valence-electron chi connectivity index (χ0n) is 21.2. The molecule has 12 heteroatoms. The number of hydrogen-bond acceptors (Lipinski definition) is 7. The van der Waals surface area contributed by atoms with E-state index in [1.807, 2.05) is 0 Å². The summed E-state index contributed by atoms with van der Waals surface area (Å²) in [6, 6.07) is 15.2. The molecule has 0 fully saturated rings. The standard InChI is InChI=1S/C27H25N7O5/c1-33(2)27(38)18-5-3-4-16(10-18)13-29-26(37)21-12-20(31-23-8-9-30-34(21)23)25(36)28-14-17-6-7-22-19(11-17)32-24(35)15-39-22/h3-12H,13-15H2,1-2H3,(H,28,36)(H,29,37)(H,32,35). The van der Waals surface area contributed by atoms with Gasteiger partial charge in [-0.15, -0.1) is 0 Å². The molecule has 0 unspecified atom stereocenters. The van der Waals surface area contributed by atoms with Crippen LogP contribution in [0, 0.1) is 0 Å². The van der Waals surface area contributed by atoms with Crippen LogP contribution in [0.5, 0.6) is 5.75 Å². The number of fused-ring (bicyclic) bond motifs is 2. The van der Waals surface area contributed by atoms with Gasteiger partial charge in [0.1, 0.15) is 17.1 Å². The molecule has 0 atom stereocenters. The van der Waals surface area contributed by atoms with Crippen LogP contribution in [0.2, 0.25) is 0 Å². The summed E-state index contributed by atoms with van der Waals surface area (Å²) in [4.78, 5) is 55.7. The van der Waals surface area contributed by atoms with Crippen LogP contribution in [0.1, 0.15) is 42.5 Å². The van der Waals surface area contributed by atoms with E-state index in [-0.39, 0.29) is 42.9 Å². The summed E-state index contributed by atoms with van der Waals surface area (Å²) in [5.41, 5.74) is 3.04. The average molecular weight is 528 g/mol. The van der Waals surface area contributed by atoms with Crippen LogP contribution >= 0.6 is 0 Å². The van der Waals surface area contributed by atoms with E-state index >= 15 is 0 Å². The Bertz CT molecular complexity index is 1610. The lowest BCUT2D eigenvalue weighted by atomic mass is 10.1. The summed E-state index contributed by atoms with van der Waals surface area (Å²) >= 11 is 0. The van der Waals surface area contributed by atoms with Gasteiger partial charge in [-0.25, -0.2) is 9.50 Å². The van der Waals surface area contributed by atoms with Gasteiger partial charge >= 0.3 is 0 Å². The van der Waals surface area contributed by atoms with E-state index in [0.29, 0.717) is 22.6 Å². The molecule has 0 radical (unpaired) electrons. The molecule has 1 aliphatic heterocycles. The number of ether oxygens (including phenoxy) is 1. The molecule has 0 aliphatic carbocycles. The minimum Gasteiger partial charge on any atom is -0.482 e. The third-order valence-corrected chi connectivity index (χ3v) is 5.99. The van der Waals surface area contributed by atoms with Crippen LogP contribution in [0.4, 0.5) is 5.69 Å². The molecule has 3 N–H and O–H groups in total. The van der Waals surface area contributed by atoms with Crippen molar-refractivity contribution in [2.24, 2.45) is 0 Å². The highest BCUT2D eigenvalue weighted by molar-refractivity contribution is 5.98. The first kappa shape index (κ1) is 25.4. The highest BCUT2D eigenvalue weighted by Gasteiger charge is 2.19. The summed E-state index contributed by atoms with van der Waals surface area (Å²) < 4.78 is 6.71. The van der Waals surface area contributed by atoms with E-state index in [1.54, 1.807) is 62.6 Å². The van der Waals surface area contributed by atoms with E-state index in [1.165, 1.54) is 21.7 Å². The van der Waals surface area contributed by atoms with E-state index in [0.717, 1.165) is 11.1 Å². The number of aromatic nitrogens is 3. The van der Waals surface area contributed by atoms with Gasteiger partial charge in [-0.2, -0.15) is 5.10 Å². The maximum Gasteiger partial charge on any atom is 0.270 e. The fourth-order valence-electron chi connectivity index (χ4n) is 4.05. The lowest BCUT2D eigenvalue weighted by Crippen LogP contribution is -2.29. The fraction of sp³-hybridized carbons (Fsp3) is 0.185. The van der Waals surface area contributed by atoms with E-state index in [9.17, 15) is 19.2 Å². The third-order valence-electron chi connectivity index (χ3n) is 5.99. The molecular formula is C27H25N7O5. The maximum atomic E-state index is 13.1. The molecule has 4 aromatic rings. The van der Waals surface area contributed by atoms with Crippen LogP contribution in [0.25, 0.3) is 5.65 Å². The van der Waals surface area contributed by atoms with Crippen LogP contribution in [-0.2, 0) is 17.9 Å². The van der Waals surface area contributed by atoms with Crippen LogP contribution in [0.15, 0.2) is 60.8 Å². The molecule has 0 saturated heterocycles. The van der Waals surface area contributed by atoms with Gasteiger partial charge in [0.05, 0.1) is 11.9 Å². The number of benzene rings is 2. The Labute approximate surface area is 223 Å². The van der Waals surface area contributed by atoms with Gasteiger partial charge in [0.25, 0.3) is 23.6 Å². The van der Waals surface area contributed by atoms with Gasteiger partial charge in [0, 0.05) is 44.9 Å². The van der Waals surface area contributed by atoms with Crippen LogP contribution < -0.4 is 20.7 Å². The number of anilines is 1. The van der Waals surface area contributed by atoms with Crippen molar-refractivity contribution in [2.75, 3.05) is 26.0 Å². The summed E-state index contributed by atoms with van der Waals surface area (Å²) in [5.74, 6) is -0.776.